The highest BCUT2D eigenvalue weighted by atomic mass is 28.4. The van der Waals surface area contributed by atoms with Crippen molar-refractivity contribution in [2.24, 2.45) is 0 Å². The second-order valence-electron chi connectivity index (χ2n) is 4.70. The fraction of sp³-hybridized carbons (Fsp3) is 0.571. The molecule has 0 spiro atoms. The molecule has 1 rings (SSSR count). The molecule has 0 aliphatic heterocycles. The van der Waals surface area contributed by atoms with Crippen LogP contribution in [-0.4, -0.2) is 36.7 Å². The van der Waals surface area contributed by atoms with E-state index in [-0.39, 0.29) is 0 Å². The van der Waals surface area contributed by atoms with Gasteiger partial charge in [0.1, 0.15) is 0 Å². The molecule has 0 amide bonds. The Morgan fingerprint density at radius 1 is 0.947 bits per heavy atom. The molecule has 0 fully saturated rings. The van der Waals surface area contributed by atoms with Gasteiger partial charge in [0.15, 0.2) is 0 Å². The molecule has 0 aliphatic rings. The quantitative estimate of drug-likeness (QED) is 0.588. The van der Waals surface area contributed by atoms with Gasteiger partial charge in [-0.2, -0.15) is 0 Å². The lowest BCUT2D eigenvalue weighted by Crippen LogP contribution is -2.42. The Hall–Kier alpha value is -0.883. The first-order valence-electron chi connectivity index (χ1n) is 6.53. The molecule has 0 heterocycles. The summed E-state index contributed by atoms with van der Waals surface area (Å²) >= 11 is 0. The Morgan fingerprint density at radius 3 is 1.95 bits per heavy atom. The Balaban J connectivity index is 2.42. The van der Waals surface area contributed by atoms with Gasteiger partial charge in [0.05, 0.1) is 0 Å². The van der Waals surface area contributed by atoms with E-state index in [9.17, 15) is 0 Å². The van der Waals surface area contributed by atoms with Crippen molar-refractivity contribution in [1.29, 1.82) is 0 Å². The average Bonchev–Trinajstić information content (AvgIpc) is 2.39. The van der Waals surface area contributed by atoms with E-state index in [4.69, 9.17) is 13.3 Å². The maximum Gasteiger partial charge on any atom is 0.500 e. The molecule has 5 heteroatoms. The van der Waals surface area contributed by atoms with Gasteiger partial charge in [-0.05, 0) is 43.5 Å². The number of aryl methyl sites for hydroxylation is 2. The van der Waals surface area contributed by atoms with Crippen molar-refractivity contribution in [1.82, 2.24) is 0 Å². The molecule has 4 nitrogen and oxygen atoms in total. The number of benzene rings is 1. The van der Waals surface area contributed by atoms with E-state index in [2.05, 4.69) is 37.4 Å². The van der Waals surface area contributed by atoms with Crippen LogP contribution in [0, 0.1) is 13.8 Å². The van der Waals surface area contributed by atoms with E-state index < -0.39 is 8.80 Å². The minimum absolute atomic E-state index is 0.814. The Bertz CT molecular complexity index is 366. The second-order valence-corrected chi connectivity index (χ2v) is 7.79. The highest BCUT2D eigenvalue weighted by Gasteiger charge is 2.36. The van der Waals surface area contributed by atoms with Crippen molar-refractivity contribution in [3.8, 4) is 0 Å². The highest BCUT2D eigenvalue weighted by Crippen LogP contribution is 2.17. The van der Waals surface area contributed by atoms with Crippen molar-refractivity contribution >= 4 is 14.5 Å². The van der Waals surface area contributed by atoms with Gasteiger partial charge >= 0.3 is 8.80 Å². The summed E-state index contributed by atoms with van der Waals surface area (Å²) in [5.41, 5.74) is 3.71. The van der Waals surface area contributed by atoms with Gasteiger partial charge in [-0.25, -0.2) is 0 Å². The zero-order valence-electron chi connectivity index (χ0n) is 12.6. The predicted octanol–water partition coefficient (Wildman–Crippen LogP) is 2.98. The van der Waals surface area contributed by atoms with Crippen molar-refractivity contribution in [2.45, 2.75) is 26.3 Å². The summed E-state index contributed by atoms with van der Waals surface area (Å²) in [6.45, 7) is 5.10. The van der Waals surface area contributed by atoms with Crippen molar-refractivity contribution < 1.29 is 13.3 Å². The number of anilines is 1. The van der Waals surface area contributed by atoms with Crippen LogP contribution < -0.4 is 5.32 Å². The normalized spacial score (nSPS) is 11.6. The third kappa shape index (κ3) is 4.95. The summed E-state index contributed by atoms with van der Waals surface area (Å²) in [7, 11) is 2.53. The molecule has 1 aromatic carbocycles. The first-order chi connectivity index (χ1) is 9.05. The Kier molecular flexibility index (Phi) is 6.51. The maximum atomic E-state index is 5.39. The van der Waals surface area contributed by atoms with Crippen LogP contribution in [0.5, 0.6) is 0 Å². The molecular weight excluding hydrogens is 258 g/mol. The minimum atomic E-state index is -2.42. The maximum absolute atomic E-state index is 5.39. The number of rotatable bonds is 8. The van der Waals surface area contributed by atoms with E-state index in [0.717, 1.165) is 24.7 Å². The standard InChI is InChI=1S/C14H25NO3Si/c1-12-9-13(2)11-14(10-12)15-7-6-8-19(16-3,17-4)18-5/h9-11,15H,6-8H2,1-5H3. The molecule has 0 aliphatic carbocycles. The fourth-order valence-electron chi connectivity index (χ4n) is 2.17. The number of hydrogen-bond donors (Lipinski definition) is 1. The number of nitrogens with one attached hydrogen (secondary N) is 1. The fourth-order valence-corrected chi connectivity index (χ4v) is 3.89. The molecule has 0 unspecified atom stereocenters. The van der Waals surface area contributed by atoms with E-state index in [1.54, 1.807) is 21.3 Å². The summed E-state index contributed by atoms with van der Waals surface area (Å²) in [5.74, 6) is 0. The van der Waals surface area contributed by atoms with Crippen LogP contribution in [0.4, 0.5) is 5.69 Å². The van der Waals surface area contributed by atoms with E-state index in [1.807, 2.05) is 0 Å². The van der Waals surface area contributed by atoms with Crippen LogP contribution in [-0.2, 0) is 13.3 Å². The molecule has 19 heavy (non-hydrogen) atoms. The highest BCUT2D eigenvalue weighted by molar-refractivity contribution is 6.60. The lowest BCUT2D eigenvalue weighted by atomic mass is 10.1. The van der Waals surface area contributed by atoms with Crippen LogP contribution >= 0.6 is 0 Å². The summed E-state index contributed by atoms with van der Waals surface area (Å²) in [4.78, 5) is 0. The van der Waals surface area contributed by atoms with Gasteiger partial charge in [0.25, 0.3) is 0 Å². The SMILES string of the molecule is CO[Si](CCCNc1cc(C)cc(C)c1)(OC)OC. The van der Waals surface area contributed by atoms with Gasteiger partial charge in [0, 0.05) is 39.6 Å². The first-order valence-corrected chi connectivity index (χ1v) is 8.46. The van der Waals surface area contributed by atoms with E-state index in [1.165, 1.54) is 11.1 Å². The minimum Gasteiger partial charge on any atom is -0.385 e. The van der Waals surface area contributed by atoms with Crippen LogP contribution in [0.2, 0.25) is 6.04 Å². The zero-order valence-corrected chi connectivity index (χ0v) is 13.6. The first kappa shape index (κ1) is 16.2. The van der Waals surface area contributed by atoms with Gasteiger partial charge in [-0.3, -0.25) is 0 Å². The topological polar surface area (TPSA) is 39.7 Å². The van der Waals surface area contributed by atoms with Gasteiger partial charge in [-0.15, -0.1) is 0 Å². The molecule has 0 saturated heterocycles. The molecule has 108 valence electrons. The predicted molar refractivity (Wildman–Crippen MR) is 80.6 cm³/mol. The van der Waals surface area contributed by atoms with Crippen LogP contribution in [0.1, 0.15) is 17.5 Å². The molecule has 1 aromatic rings. The molecule has 0 bridgehead atoms. The monoisotopic (exact) mass is 283 g/mol. The summed E-state index contributed by atoms with van der Waals surface area (Å²) in [6, 6.07) is 7.29. The Morgan fingerprint density at radius 2 is 1.47 bits per heavy atom. The lowest BCUT2D eigenvalue weighted by molar-refractivity contribution is 0.123. The molecule has 1 N–H and O–H groups in total. The largest absolute Gasteiger partial charge is 0.500 e. The molecular formula is C14H25NO3Si. The van der Waals surface area contributed by atoms with Crippen molar-refractivity contribution in [3.63, 3.8) is 0 Å². The molecule has 0 aromatic heterocycles. The third-order valence-corrected chi connectivity index (χ3v) is 5.98. The molecule has 0 saturated carbocycles. The summed E-state index contributed by atoms with van der Waals surface area (Å²) < 4.78 is 16.2. The molecule has 0 radical (unpaired) electrons. The van der Waals surface area contributed by atoms with Gasteiger partial charge < -0.3 is 18.6 Å². The lowest BCUT2D eigenvalue weighted by Gasteiger charge is -2.24. The van der Waals surface area contributed by atoms with Crippen LogP contribution in [0.15, 0.2) is 18.2 Å². The average molecular weight is 283 g/mol. The van der Waals surface area contributed by atoms with E-state index >= 15 is 0 Å². The summed E-state index contributed by atoms with van der Waals surface area (Å²) in [5, 5.41) is 3.43. The van der Waals surface area contributed by atoms with Gasteiger partial charge in [0.2, 0.25) is 0 Å². The second kappa shape index (κ2) is 7.64. The van der Waals surface area contributed by atoms with Crippen LogP contribution in [0.25, 0.3) is 0 Å². The Labute approximate surface area is 117 Å². The smallest absolute Gasteiger partial charge is 0.385 e. The van der Waals surface area contributed by atoms with E-state index in [0.29, 0.717) is 0 Å². The van der Waals surface area contributed by atoms with Crippen molar-refractivity contribution in [2.75, 3.05) is 33.2 Å². The van der Waals surface area contributed by atoms with Crippen molar-refractivity contribution in [3.05, 3.63) is 29.3 Å². The van der Waals surface area contributed by atoms with Crippen LogP contribution in [0.3, 0.4) is 0 Å². The summed E-state index contributed by atoms with van der Waals surface area (Å²) in [6.07, 6.45) is 0.953. The third-order valence-electron chi connectivity index (χ3n) is 3.14. The van der Waals surface area contributed by atoms with Gasteiger partial charge in [-0.1, -0.05) is 6.07 Å². The zero-order chi connectivity index (χ0) is 14.3. The number of hydrogen-bond acceptors (Lipinski definition) is 4. The molecule has 0 atom stereocenters.